The van der Waals surface area contributed by atoms with Gasteiger partial charge in [0.05, 0.1) is 13.2 Å². The van der Waals surface area contributed by atoms with Crippen LogP contribution in [0.1, 0.15) is 39.5 Å². The Hall–Kier alpha value is -0.940. The molecule has 0 heterocycles. The van der Waals surface area contributed by atoms with E-state index in [0.717, 1.165) is 12.8 Å². The molecular weight excluding hydrogens is 234 g/mol. The second-order valence-corrected chi connectivity index (χ2v) is 4.13. The van der Waals surface area contributed by atoms with Crippen molar-refractivity contribution in [2.75, 3.05) is 33.0 Å². The molecule has 5 nitrogen and oxygen atoms in total. The number of nitrogens with one attached hydrogen (secondary N) is 1. The number of carbonyl (C=O) groups is 2. The molecule has 0 aliphatic carbocycles. The topological polar surface area (TPSA) is 64.6 Å². The van der Waals surface area contributed by atoms with Gasteiger partial charge in [0.2, 0.25) is 5.91 Å². The van der Waals surface area contributed by atoms with Crippen LogP contribution in [0.5, 0.6) is 0 Å². The van der Waals surface area contributed by atoms with Gasteiger partial charge in [-0.2, -0.15) is 0 Å². The lowest BCUT2D eigenvalue weighted by Crippen LogP contribution is -2.26. The molecule has 0 aliphatic heterocycles. The number of ether oxygens (including phenoxy) is 2. The van der Waals surface area contributed by atoms with Crippen LogP contribution in [0.4, 0.5) is 0 Å². The summed E-state index contributed by atoms with van der Waals surface area (Å²) in [6.45, 7) is 6.33. The van der Waals surface area contributed by atoms with E-state index in [2.05, 4.69) is 5.32 Å². The Kier molecular flexibility index (Phi) is 11.9. The summed E-state index contributed by atoms with van der Waals surface area (Å²) in [6.07, 6.45) is 2.72. The van der Waals surface area contributed by atoms with Gasteiger partial charge in [-0.3, -0.25) is 9.59 Å². The molecule has 0 aromatic rings. The zero-order valence-electron chi connectivity index (χ0n) is 11.5. The van der Waals surface area contributed by atoms with E-state index in [0.29, 0.717) is 45.8 Å². The standard InChI is InChI=1S/C13H25NO4/c1-3-5-13(16)14-7-11-18-9-4-8-17-10-6-12(2)15/h3-11H2,1-2H3,(H,14,16). The third-order valence-corrected chi connectivity index (χ3v) is 2.22. The van der Waals surface area contributed by atoms with Gasteiger partial charge in [0.15, 0.2) is 0 Å². The van der Waals surface area contributed by atoms with Crippen LogP contribution in [0.15, 0.2) is 0 Å². The van der Waals surface area contributed by atoms with Crippen LogP contribution >= 0.6 is 0 Å². The lowest BCUT2D eigenvalue weighted by molar-refractivity contribution is -0.121. The normalized spacial score (nSPS) is 10.3. The smallest absolute Gasteiger partial charge is 0.220 e. The lowest BCUT2D eigenvalue weighted by atomic mass is 10.3. The van der Waals surface area contributed by atoms with Crippen molar-refractivity contribution in [1.82, 2.24) is 5.32 Å². The van der Waals surface area contributed by atoms with Gasteiger partial charge in [-0.05, 0) is 19.8 Å². The van der Waals surface area contributed by atoms with E-state index in [4.69, 9.17) is 9.47 Å². The molecule has 0 spiro atoms. The fourth-order valence-corrected chi connectivity index (χ4v) is 1.26. The molecule has 0 aliphatic rings. The first-order valence-corrected chi connectivity index (χ1v) is 6.58. The highest BCUT2D eigenvalue weighted by atomic mass is 16.5. The third kappa shape index (κ3) is 13.1. The van der Waals surface area contributed by atoms with Crippen molar-refractivity contribution >= 4 is 11.7 Å². The lowest BCUT2D eigenvalue weighted by Gasteiger charge is -2.06. The van der Waals surface area contributed by atoms with E-state index in [1.165, 1.54) is 0 Å². The molecule has 0 fully saturated rings. The van der Waals surface area contributed by atoms with Crippen molar-refractivity contribution in [3.8, 4) is 0 Å². The monoisotopic (exact) mass is 259 g/mol. The number of hydrogen-bond donors (Lipinski definition) is 1. The minimum absolute atomic E-state index is 0.0775. The Balaban J connectivity index is 3.07. The van der Waals surface area contributed by atoms with Crippen molar-refractivity contribution in [3.63, 3.8) is 0 Å². The number of carbonyl (C=O) groups excluding carboxylic acids is 2. The molecule has 18 heavy (non-hydrogen) atoms. The predicted octanol–water partition coefficient (Wildman–Crippen LogP) is 1.31. The Labute approximate surface area is 109 Å². The molecule has 0 saturated carbocycles. The van der Waals surface area contributed by atoms with E-state index in [1.807, 2.05) is 6.92 Å². The molecule has 5 heteroatoms. The second-order valence-electron chi connectivity index (χ2n) is 4.13. The first kappa shape index (κ1) is 17.1. The molecule has 0 atom stereocenters. The zero-order valence-corrected chi connectivity index (χ0v) is 11.5. The SMILES string of the molecule is CCCC(=O)NCCOCCCOCCC(C)=O. The van der Waals surface area contributed by atoms with Gasteiger partial charge in [0, 0.05) is 32.6 Å². The van der Waals surface area contributed by atoms with Crippen molar-refractivity contribution in [2.45, 2.75) is 39.5 Å². The number of rotatable bonds is 12. The van der Waals surface area contributed by atoms with Gasteiger partial charge in [0.1, 0.15) is 5.78 Å². The largest absolute Gasteiger partial charge is 0.381 e. The Morgan fingerprint density at radius 2 is 1.67 bits per heavy atom. The number of amides is 1. The van der Waals surface area contributed by atoms with E-state index in [-0.39, 0.29) is 11.7 Å². The minimum atomic E-state index is 0.0775. The highest BCUT2D eigenvalue weighted by Crippen LogP contribution is 1.89. The Morgan fingerprint density at radius 3 is 2.28 bits per heavy atom. The molecule has 0 radical (unpaired) electrons. The van der Waals surface area contributed by atoms with Gasteiger partial charge >= 0.3 is 0 Å². The van der Waals surface area contributed by atoms with Crippen LogP contribution in [0.3, 0.4) is 0 Å². The number of hydrogen-bond acceptors (Lipinski definition) is 4. The summed E-state index contributed by atoms with van der Waals surface area (Å²) in [6, 6.07) is 0. The number of Topliss-reactive ketones (excluding diaryl/α,β-unsaturated/α-hetero) is 1. The molecular formula is C13H25NO4. The molecule has 1 amide bonds. The van der Waals surface area contributed by atoms with Crippen molar-refractivity contribution in [3.05, 3.63) is 0 Å². The quantitative estimate of drug-likeness (QED) is 0.537. The average molecular weight is 259 g/mol. The van der Waals surface area contributed by atoms with Crippen LogP contribution in [-0.4, -0.2) is 44.7 Å². The Bertz CT molecular complexity index is 231. The molecule has 0 saturated heterocycles. The van der Waals surface area contributed by atoms with E-state index >= 15 is 0 Å². The average Bonchev–Trinajstić information content (AvgIpc) is 2.31. The van der Waals surface area contributed by atoms with Gasteiger partial charge in [-0.15, -0.1) is 0 Å². The van der Waals surface area contributed by atoms with Gasteiger partial charge < -0.3 is 14.8 Å². The predicted molar refractivity (Wildman–Crippen MR) is 69.5 cm³/mol. The maximum absolute atomic E-state index is 11.1. The summed E-state index contributed by atoms with van der Waals surface area (Å²) in [4.78, 5) is 21.7. The minimum Gasteiger partial charge on any atom is -0.381 e. The molecule has 0 rings (SSSR count). The zero-order chi connectivity index (χ0) is 13.6. The number of ketones is 1. The van der Waals surface area contributed by atoms with Crippen LogP contribution in [-0.2, 0) is 19.1 Å². The van der Waals surface area contributed by atoms with Crippen LogP contribution in [0.25, 0.3) is 0 Å². The summed E-state index contributed by atoms with van der Waals surface area (Å²) in [5.41, 5.74) is 0. The molecule has 0 bridgehead atoms. The molecule has 106 valence electrons. The van der Waals surface area contributed by atoms with E-state index < -0.39 is 0 Å². The highest BCUT2D eigenvalue weighted by Gasteiger charge is 1.97. The summed E-state index contributed by atoms with van der Waals surface area (Å²) in [5.74, 6) is 0.225. The fourth-order valence-electron chi connectivity index (χ4n) is 1.26. The van der Waals surface area contributed by atoms with Gasteiger partial charge in [-0.1, -0.05) is 6.92 Å². The summed E-state index contributed by atoms with van der Waals surface area (Å²) in [5, 5.41) is 2.77. The second kappa shape index (κ2) is 12.5. The van der Waals surface area contributed by atoms with Crippen LogP contribution in [0.2, 0.25) is 0 Å². The van der Waals surface area contributed by atoms with Crippen molar-refractivity contribution in [1.29, 1.82) is 0 Å². The molecule has 0 aromatic heterocycles. The summed E-state index contributed by atoms with van der Waals surface area (Å²) < 4.78 is 10.6. The van der Waals surface area contributed by atoms with Crippen molar-refractivity contribution < 1.29 is 19.1 Å². The van der Waals surface area contributed by atoms with Gasteiger partial charge in [-0.25, -0.2) is 0 Å². The fraction of sp³-hybridized carbons (Fsp3) is 0.846. The molecule has 0 aromatic carbocycles. The first-order valence-electron chi connectivity index (χ1n) is 6.58. The van der Waals surface area contributed by atoms with Crippen molar-refractivity contribution in [2.24, 2.45) is 0 Å². The molecule has 0 unspecified atom stereocenters. The maximum Gasteiger partial charge on any atom is 0.220 e. The first-order chi connectivity index (χ1) is 8.66. The van der Waals surface area contributed by atoms with Crippen LogP contribution in [0, 0.1) is 0 Å². The van der Waals surface area contributed by atoms with Crippen LogP contribution < -0.4 is 5.32 Å². The molecule has 1 N–H and O–H groups in total. The maximum atomic E-state index is 11.1. The van der Waals surface area contributed by atoms with E-state index in [9.17, 15) is 9.59 Å². The highest BCUT2D eigenvalue weighted by molar-refractivity contribution is 5.75. The summed E-state index contributed by atoms with van der Waals surface area (Å²) in [7, 11) is 0. The summed E-state index contributed by atoms with van der Waals surface area (Å²) >= 11 is 0. The third-order valence-electron chi connectivity index (χ3n) is 2.22. The van der Waals surface area contributed by atoms with E-state index in [1.54, 1.807) is 6.92 Å². The Morgan fingerprint density at radius 1 is 1.00 bits per heavy atom. The van der Waals surface area contributed by atoms with Gasteiger partial charge in [0.25, 0.3) is 0 Å².